The zero-order valence-electron chi connectivity index (χ0n) is 17.3. The van der Waals surface area contributed by atoms with Crippen molar-refractivity contribution in [2.24, 2.45) is 0 Å². The minimum Gasteiger partial charge on any atom is -0.369 e. The van der Waals surface area contributed by atoms with Crippen LogP contribution < -0.4 is 15.8 Å². The van der Waals surface area contributed by atoms with Gasteiger partial charge in [0.2, 0.25) is 0 Å². The van der Waals surface area contributed by atoms with Crippen LogP contribution in [0.2, 0.25) is 0 Å². The molecule has 0 unspecified atom stereocenters. The summed E-state index contributed by atoms with van der Waals surface area (Å²) in [5.74, 6) is 0. The maximum Gasteiger partial charge on any atom is 0.258 e. The van der Waals surface area contributed by atoms with Crippen LogP contribution in [0.15, 0.2) is 41.5 Å². The van der Waals surface area contributed by atoms with Crippen molar-refractivity contribution in [2.45, 2.75) is 26.7 Å². The summed E-state index contributed by atoms with van der Waals surface area (Å²) in [6.45, 7) is 7.92. The lowest BCUT2D eigenvalue weighted by Gasteiger charge is -2.22. The number of hydrogen-bond acceptors (Lipinski definition) is 6. The first-order valence-corrected chi connectivity index (χ1v) is 10.5. The van der Waals surface area contributed by atoms with Gasteiger partial charge in [0.15, 0.2) is 0 Å². The van der Waals surface area contributed by atoms with Crippen LogP contribution in [0.4, 0.5) is 5.69 Å². The summed E-state index contributed by atoms with van der Waals surface area (Å²) in [6, 6.07) is 7.48. The van der Waals surface area contributed by atoms with Gasteiger partial charge in [0, 0.05) is 31.9 Å². The van der Waals surface area contributed by atoms with Gasteiger partial charge in [-0.05, 0) is 44.5 Å². The molecule has 5 heterocycles. The number of hydrogen-bond donors (Lipinski definition) is 1. The van der Waals surface area contributed by atoms with E-state index in [1.54, 1.807) is 10.5 Å². The molecule has 8 nitrogen and oxygen atoms in total. The second-order valence-electron chi connectivity index (χ2n) is 7.73. The van der Waals surface area contributed by atoms with E-state index in [4.69, 9.17) is 4.98 Å². The summed E-state index contributed by atoms with van der Waals surface area (Å²) in [7, 11) is 0. The first-order chi connectivity index (χ1) is 14.6. The number of anilines is 1. The number of rotatable bonds is 3. The number of nitrogens with one attached hydrogen (secondary N) is 1. The number of aryl methyl sites for hydroxylation is 2. The molecule has 0 amide bonds. The number of aromatic nitrogens is 5. The Morgan fingerprint density at radius 1 is 1.07 bits per heavy atom. The van der Waals surface area contributed by atoms with Crippen molar-refractivity contribution < 1.29 is 0 Å². The Bertz CT molecular complexity index is 1280. The molecule has 5 rings (SSSR count). The topological polar surface area (TPSA) is 79.8 Å². The van der Waals surface area contributed by atoms with Gasteiger partial charge < -0.3 is 10.2 Å². The first kappa shape index (κ1) is 18.7. The highest BCUT2D eigenvalue weighted by Gasteiger charge is 2.14. The molecular weight excluding hydrogens is 378 g/mol. The SMILES string of the molecule is CCc1nc(C)cn2nc(-c3cc(=O)n4cc(N5CCCNCC5)ccc4n3)cc12. The van der Waals surface area contributed by atoms with Gasteiger partial charge in [-0.25, -0.2) is 9.50 Å². The third-order valence-corrected chi connectivity index (χ3v) is 5.60. The van der Waals surface area contributed by atoms with E-state index in [0.29, 0.717) is 17.0 Å². The minimum absolute atomic E-state index is 0.105. The van der Waals surface area contributed by atoms with Crippen molar-refractivity contribution >= 4 is 16.9 Å². The van der Waals surface area contributed by atoms with Crippen LogP contribution in [-0.2, 0) is 6.42 Å². The fourth-order valence-electron chi connectivity index (χ4n) is 4.08. The van der Waals surface area contributed by atoms with E-state index in [2.05, 4.69) is 27.2 Å². The molecule has 0 spiro atoms. The van der Waals surface area contributed by atoms with E-state index < -0.39 is 0 Å². The molecule has 0 atom stereocenters. The summed E-state index contributed by atoms with van der Waals surface area (Å²) < 4.78 is 3.45. The second kappa shape index (κ2) is 7.53. The molecule has 0 bridgehead atoms. The molecule has 0 saturated carbocycles. The van der Waals surface area contributed by atoms with E-state index in [9.17, 15) is 4.79 Å². The van der Waals surface area contributed by atoms with Crippen LogP contribution in [0.5, 0.6) is 0 Å². The highest BCUT2D eigenvalue weighted by molar-refractivity contribution is 5.66. The van der Waals surface area contributed by atoms with E-state index in [1.165, 1.54) is 0 Å². The minimum atomic E-state index is -0.105. The Balaban J connectivity index is 1.57. The van der Waals surface area contributed by atoms with Gasteiger partial charge in [-0.2, -0.15) is 5.10 Å². The van der Waals surface area contributed by atoms with Gasteiger partial charge in [-0.15, -0.1) is 0 Å². The van der Waals surface area contributed by atoms with E-state index in [1.807, 2.05) is 42.0 Å². The molecule has 0 aromatic carbocycles. The first-order valence-electron chi connectivity index (χ1n) is 10.5. The number of fused-ring (bicyclic) bond motifs is 2. The quantitative estimate of drug-likeness (QED) is 0.564. The Kier molecular flexibility index (Phi) is 4.71. The average Bonchev–Trinajstić information content (AvgIpc) is 2.99. The molecule has 154 valence electrons. The molecule has 1 fully saturated rings. The molecular formula is C22H25N7O. The Morgan fingerprint density at radius 2 is 1.97 bits per heavy atom. The fourth-order valence-corrected chi connectivity index (χ4v) is 4.08. The van der Waals surface area contributed by atoms with Crippen molar-refractivity contribution in [3.63, 3.8) is 0 Å². The summed E-state index contributed by atoms with van der Waals surface area (Å²) >= 11 is 0. The Morgan fingerprint density at radius 3 is 2.83 bits per heavy atom. The molecule has 1 aliphatic heterocycles. The molecule has 4 aromatic heterocycles. The van der Waals surface area contributed by atoms with Crippen molar-refractivity contribution in [3.8, 4) is 11.4 Å². The smallest absolute Gasteiger partial charge is 0.258 e. The van der Waals surface area contributed by atoms with Gasteiger partial charge >= 0.3 is 0 Å². The van der Waals surface area contributed by atoms with Crippen LogP contribution in [0.25, 0.3) is 22.6 Å². The molecule has 8 heteroatoms. The monoisotopic (exact) mass is 403 g/mol. The average molecular weight is 403 g/mol. The van der Waals surface area contributed by atoms with Gasteiger partial charge in [0.25, 0.3) is 5.56 Å². The van der Waals surface area contributed by atoms with Crippen molar-refractivity contribution in [1.29, 1.82) is 0 Å². The summed E-state index contributed by atoms with van der Waals surface area (Å²) in [5, 5.41) is 8.06. The van der Waals surface area contributed by atoms with Crippen molar-refractivity contribution in [1.82, 2.24) is 29.3 Å². The standard InChI is InChI=1S/C22H25N7O/c1-3-17-20-11-19(26-29(20)13-15(2)24-17)18-12-22(30)28-14-16(5-6-21(28)25-18)27-9-4-7-23-8-10-27/h5-6,11-14,23H,3-4,7-10H2,1-2H3. The highest BCUT2D eigenvalue weighted by Crippen LogP contribution is 2.21. The predicted molar refractivity (Wildman–Crippen MR) is 117 cm³/mol. The largest absolute Gasteiger partial charge is 0.369 e. The molecule has 30 heavy (non-hydrogen) atoms. The lowest BCUT2D eigenvalue weighted by Crippen LogP contribution is -2.28. The molecule has 1 N–H and O–H groups in total. The maximum atomic E-state index is 12.9. The highest BCUT2D eigenvalue weighted by atomic mass is 16.1. The van der Waals surface area contributed by atoms with E-state index >= 15 is 0 Å². The molecule has 1 aliphatic rings. The fraction of sp³-hybridized carbons (Fsp3) is 0.364. The summed E-state index contributed by atoms with van der Waals surface area (Å²) in [4.78, 5) is 24.5. The van der Waals surface area contributed by atoms with Crippen LogP contribution >= 0.6 is 0 Å². The molecule has 1 saturated heterocycles. The summed E-state index contributed by atoms with van der Waals surface area (Å²) in [6.07, 6.45) is 5.70. The zero-order chi connectivity index (χ0) is 20.7. The van der Waals surface area contributed by atoms with Crippen LogP contribution in [0, 0.1) is 6.92 Å². The van der Waals surface area contributed by atoms with Crippen molar-refractivity contribution in [2.75, 3.05) is 31.1 Å². The Hall–Kier alpha value is -3.26. The van der Waals surface area contributed by atoms with E-state index in [0.717, 1.165) is 61.6 Å². The van der Waals surface area contributed by atoms with Crippen molar-refractivity contribution in [3.05, 3.63) is 58.4 Å². The van der Waals surface area contributed by atoms with Crippen LogP contribution in [0.1, 0.15) is 24.7 Å². The molecule has 0 aliphatic carbocycles. The predicted octanol–water partition coefficient (Wildman–Crippen LogP) is 2.07. The van der Waals surface area contributed by atoms with E-state index in [-0.39, 0.29) is 5.56 Å². The molecule has 0 radical (unpaired) electrons. The van der Waals surface area contributed by atoms with Crippen LogP contribution in [-0.4, -0.2) is 50.2 Å². The third-order valence-electron chi connectivity index (χ3n) is 5.60. The van der Waals surface area contributed by atoms with Gasteiger partial charge in [0.05, 0.1) is 34.5 Å². The van der Waals surface area contributed by atoms with Crippen LogP contribution in [0.3, 0.4) is 0 Å². The van der Waals surface area contributed by atoms with Gasteiger partial charge in [-0.3, -0.25) is 14.2 Å². The zero-order valence-corrected chi connectivity index (χ0v) is 17.3. The second-order valence-corrected chi connectivity index (χ2v) is 7.73. The lowest BCUT2D eigenvalue weighted by molar-refractivity contribution is 0.724. The lowest BCUT2D eigenvalue weighted by atomic mass is 10.2. The van der Waals surface area contributed by atoms with Gasteiger partial charge in [-0.1, -0.05) is 6.92 Å². The number of pyridine rings is 1. The number of nitrogens with zero attached hydrogens (tertiary/aromatic N) is 6. The third kappa shape index (κ3) is 3.33. The Labute approximate surface area is 174 Å². The summed E-state index contributed by atoms with van der Waals surface area (Å²) in [5.41, 5.74) is 5.67. The maximum absolute atomic E-state index is 12.9. The normalized spacial score (nSPS) is 15.1. The van der Waals surface area contributed by atoms with Gasteiger partial charge in [0.1, 0.15) is 11.3 Å². The molecule has 4 aromatic rings.